The summed E-state index contributed by atoms with van der Waals surface area (Å²) in [6, 6.07) is -0.856. The van der Waals surface area contributed by atoms with Gasteiger partial charge in [0.1, 0.15) is 10.6 Å². The van der Waals surface area contributed by atoms with Crippen molar-refractivity contribution in [3.05, 3.63) is 11.5 Å². The van der Waals surface area contributed by atoms with Gasteiger partial charge < -0.3 is 9.84 Å². The molecular weight excluding hydrogens is 270 g/mol. The van der Waals surface area contributed by atoms with Crippen LogP contribution in [-0.2, 0) is 14.8 Å². The van der Waals surface area contributed by atoms with Crippen LogP contribution >= 0.6 is 0 Å². The van der Waals surface area contributed by atoms with E-state index in [1.165, 1.54) is 20.8 Å². The van der Waals surface area contributed by atoms with Crippen molar-refractivity contribution in [3.8, 4) is 0 Å². The van der Waals surface area contributed by atoms with Crippen molar-refractivity contribution in [3.63, 3.8) is 0 Å². The maximum absolute atomic E-state index is 12.1. The molecule has 0 fully saturated rings. The second-order valence-electron chi connectivity index (χ2n) is 4.29. The Morgan fingerprint density at radius 3 is 2.53 bits per heavy atom. The van der Waals surface area contributed by atoms with Crippen LogP contribution in [0.15, 0.2) is 9.42 Å². The summed E-state index contributed by atoms with van der Waals surface area (Å²) in [5.41, 5.74) is 0.270. The monoisotopic (exact) mass is 289 g/mol. The summed E-state index contributed by atoms with van der Waals surface area (Å²) in [6.07, 6.45) is 0.787. The predicted octanol–water partition coefficient (Wildman–Crippen LogP) is 0.484. The molecule has 19 heavy (non-hydrogen) atoms. The van der Waals surface area contributed by atoms with E-state index in [9.17, 15) is 13.2 Å². The quantitative estimate of drug-likeness (QED) is 0.793. The highest BCUT2D eigenvalue weighted by molar-refractivity contribution is 7.89. The Morgan fingerprint density at radius 1 is 1.42 bits per heavy atom. The average molecular weight is 289 g/mol. The maximum atomic E-state index is 12.1. The minimum absolute atomic E-state index is 0.0114. The minimum atomic E-state index is -3.81. The molecule has 0 spiro atoms. The first kappa shape index (κ1) is 15.6. The maximum Gasteiger partial charge on any atom is 0.246 e. The Labute approximate surface area is 112 Å². The lowest BCUT2D eigenvalue weighted by atomic mass is 10.3. The van der Waals surface area contributed by atoms with Crippen molar-refractivity contribution in [2.75, 3.05) is 6.54 Å². The van der Waals surface area contributed by atoms with Gasteiger partial charge in [-0.1, -0.05) is 12.1 Å². The van der Waals surface area contributed by atoms with Gasteiger partial charge in [0.25, 0.3) is 0 Å². The SMILES string of the molecule is CCCNC(=O)[C@@H](C)NS(=O)(=O)c1c(C)noc1C. The summed E-state index contributed by atoms with van der Waals surface area (Å²) in [5.74, 6) is -0.164. The van der Waals surface area contributed by atoms with Crippen LogP contribution in [0.4, 0.5) is 0 Å². The van der Waals surface area contributed by atoms with E-state index >= 15 is 0 Å². The van der Waals surface area contributed by atoms with E-state index in [-0.39, 0.29) is 22.3 Å². The van der Waals surface area contributed by atoms with Crippen molar-refractivity contribution in [2.24, 2.45) is 0 Å². The van der Waals surface area contributed by atoms with Crippen molar-refractivity contribution < 1.29 is 17.7 Å². The molecule has 0 bridgehead atoms. The molecular formula is C11H19N3O4S. The van der Waals surface area contributed by atoms with Gasteiger partial charge in [-0.05, 0) is 27.2 Å². The number of rotatable bonds is 6. The van der Waals surface area contributed by atoms with Gasteiger partial charge in [-0.15, -0.1) is 0 Å². The second-order valence-corrected chi connectivity index (χ2v) is 5.94. The van der Waals surface area contributed by atoms with E-state index in [0.29, 0.717) is 6.54 Å². The van der Waals surface area contributed by atoms with E-state index in [4.69, 9.17) is 4.52 Å². The van der Waals surface area contributed by atoms with Gasteiger partial charge in [0.15, 0.2) is 5.76 Å². The van der Waals surface area contributed by atoms with Crippen LogP contribution in [0.3, 0.4) is 0 Å². The molecule has 1 atom stereocenters. The summed E-state index contributed by atoms with van der Waals surface area (Å²) in [6.45, 7) is 6.96. The molecule has 0 radical (unpaired) electrons. The highest BCUT2D eigenvalue weighted by Crippen LogP contribution is 2.18. The third kappa shape index (κ3) is 3.77. The molecule has 0 aromatic carbocycles. The molecule has 8 heteroatoms. The van der Waals surface area contributed by atoms with Gasteiger partial charge in [-0.2, -0.15) is 4.72 Å². The molecule has 0 aliphatic rings. The van der Waals surface area contributed by atoms with Gasteiger partial charge >= 0.3 is 0 Å². The van der Waals surface area contributed by atoms with Crippen molar-refractivity contribution in [1.29, 1.82) is 0 Å². The summed E-state index contributed by atoms with van der Waals surface area (Å²) < 4.78 is 31.4. The number of hydrogen-bond acceptors (Lipinski definition) is 5. The van der Waals surface area contributed by atoms with Crippen LogP contribution in [0.1, 0.15) is 31.7 Å². The molecule has 0 saturated heterocycles. The number of sulfonamides is 1. The molecule has 0 aliphatic carbocycles. The average Bonchev–Trinajstić information content (AvgIpc) is 2.65. The van der Waals surface area contributed by atoms with Crippen LogP contribution in [0.25, 0.3) is 0 Å². The minimum Gasteiger partial charge on any atom is -0.360 e. The molecule has 2 N–H and O–H groups in total. The van der Waals surface area contributed by atoms with E-state index in [0.717, 1.165) is 6.42 Å². The fourth-order valence-corrected chi connectivity index (χ4v) is 3.14. The highest BCUT2D eigenvalue weighted by Gasteiger charge is 2.27. The van der Waals surface area contributed by atoms with Gasteiger partial charge in [0, 0.05) is 6.54 Å². The van der Waals surface area contributed by atoms with Crippen LogP contribution in [-0.4, -0.2) is 32.1 Å². The predicted molar refractivity (Wildman–Crippen MR) is 69.1 cm³/mol. The first-order chi connectivity index (χ1) is 8.79. The fraction of sp³-hybridized carbons (Fsp3) is 0.636. The number of carbonyl (C=O) groups is 1. The number of aromatic nitrogens is 1. The van der Waals surface area contributed by atoms with Gasteiger partial charge in [0.2, 0.25) is 15.9 Å². The Kier molecular flexibility index (Phi) is 5.07. The van der Waals surface area contributed by atoms with Crippen LogP contribution in [0.2, 0.25) is 0 Å². The lowest BCUT2D eigenvalue weighted by Gasteiger charge is -2.13. The number of carbonyl (C=O) groups excluding carboxylic acids is 1. The summed E-state index contributed by atoms with van der Waals surface area (Å²) >= 11 is 0. The highest BCUT2D eigenvalue weighted by atomic mass is 32.2. The first-order valence-corrected chi connectivity index (χ1v) is 7.50. The number of aryl methyl sites for hydroxylation is 2. The zero-order valence-electron chi connectivity index (χ0n) is 11.5. The molecule has 1 aromatic heterocycles. The smallest absolute Gasteiger partial charge is 0.246 e. The van der Waals surface area contributed by atoms with Crippen LogP contribution in [0.5, 0.6) is 0 Å². The normalized spacial score (nSPS) is 13.3. The first-order valence-electron chi connectivity index (χ1n) is 6.02. The number of nitrogens with one attached hydrogen (secondary N) is 2. The largest absolute Gasteiger partial charge is 0.360 e. The fourth-order valence-electron chi connectivity index (χ4n) is 1.60. The van der Waals surface area contributed by atoms with Crippen molar-refractivity contribution in [2.45, 2.75) is 45.1 Å². The molecule has 0 aliphatic heterocycles. The Bertz CT molecular complexity index is 531. The van der Waals surface area contributed by atoms with E-state index < -0.39 is 16.1 Å². The summed E-state index contributed by atoms with van der Waals surface area (Å²) in [5, 5.41) is 6.21. The van der Waals surface area contributed by atoms with Crippen molar-refractivity contribution in [1.82, 2.24) is 15.2 Å². The molecule has 1 amide bonds. The van der Waals surface area contributed by atoms with E-state index in [1.54, 1.807) is 0 Å². The molecule has 7 nitrogen and oxygen atoms in total. The van der Waals surface area contributed by atoms with E-state index in [1.807, 2.05) is 6.92 Å². The summed E-state index contributed by atoms with van der Waals surface area (Å²) in [4.78, 5) is 11.6. The summed E-state index contributed by atoms with van der Waals surface area (Å²) in [7, 11) is -3.81. The molecule has 1 aromatic rings. The van der Waals surface area contributed by atoms with Gasteiger partial charge in [0.05, 0.1) is 6.04 Å². The van der Waals surface area contributed by atoms with Gasteiger partial charge in [-0.25, -0.2) is 8.42 Å². The third-order valence-electron chi connectivity index (χ3n) is 2.51. The number of nitrogens with zero attached hydrogens (tertiary/aromatic N) is 1. The zero-order chi connectivity index (χ0) is 14.6. The molecule has 0 saturated carbocycles. The molecule has 1 rings (SSSR count). The molecule has 1 heterocycles. The molecule has 0 unspecified atom stereocenters. The zero-order valence-corrected chi connectivity index (χ0v) is 12.3. The van der Waals surface area contributed by atoms with Crippen LogP contribution < -0.4 is 10.0 Å². The van der Waals surface area contributed by atoms with Crippen molar-refractivity contribution >= 4 is 15.9 Å². The topological polar surface area (TPSA) is 101 Å². The Hall–Kier alpha value is -1.41. The standard InChI is InChI=1S/C11H19N3O4S/c1-5-6-12-11(15)8(3)14-19(16,17)10-7(2)13-18-9(10)4/h8,14H,5-6H2,1-4H3,(H,12,15)/t8-/m1/s1. The second kappa shape index (κ2) is 6.16. The van der Waals surface area contributed by atoms with Crippen LogP contribution in [0, 0.1) is 13.8 Å². The lowest BCUT2D eigenvalue weighted by molar-refractivity contribution is -0.122. The third-order valence-corrected chi connectivity index (χ3v) is 4.30. The lowest BCUT2D eigenvalue weighted by Crippen LogP contribution is -2.45. The Morgan fingerprint density at radius 2 is 2.05 bits per heavy atom. The Balaban J connectivity index is 2.84. The van der Waals surface area contributed by atoms with Gasteiger partial charge in [-0.3, -0.25) is 4.79 Å². The van der Waals surface area contributed by atoms with E-state index in [2.05, 4.69) is 15.2 Å². The number of hydrogen-bond donors (Lipinski definition) is 2. The molecule has 108 valence electrons. The number of amides is 1.